The van der Waals surface area contributed by atoms with Crippen LogP contribution >= 0.6 is 0 Å². The van der Waals surface area contributed by atoms with Crippen LogP contribution in [0.4, 0.5) is 0 Å². The number of nitrogens with two attached hydrogens (primary N) is 1. The molecular weight excluding hydrogens is 234 g/mol. The zero-order valence-corrected chi connectivity index (χ0v) is 10.4. The summed E-state index contributed by atoms with van der Waals surface area (Å²) in [7, 11) is 0. The van der Waals surface area contributed by atoms with Crippen molar-refractivity contribution in [2.45, 2.75) is 12.5 Å². The maximum absolute atomic E-state index is 8.87. The summed E-state index contributed by atoms with van der Waals surface area (Å²) in [5.74, 6) is 0. The van der Waals surface area contributed by atoms with Gasteiger partial charge in [-0.05, 0) is 41.8 Å². The van der Waals surface area contributed by atoms with Gasteiger partial charge in [-0.25, -0.2) is 0 Å². The van der Waals surface area contributed by atoms with E-state index in [1.807, 2.05) is 30.3 Å². The summed E-state index contributed by atoms with van der Waals surface area (Å²) in [6.45, 7) is 0. The standard InChI is InChI=1S/C16H13N3/c17-10-13-6-4-12(5-7-13)9-16(19)15-3-1-2-14(8-15)11-18/h1-8,16H,9,19H2. The van der Waals surface area contributed by atoms with Crippen LogP contribution in [0.1, 0.15) is 28.3 Å². The van der Waals surface area contributed by atoms with E-state index in [1.54, 1.807) is 18.2 Å². The highest BCUT2D eigenvalue weighted by atomic mass is 14.6. The van der Waals surface area contributed by atoms with Crippen molar-refractivity contribution in [3.05, 3.63) is 70.8 Å². The zero-order valence-electron chi connectivity index (χ0n) is 10.4. The first-order valence-corrected chi connectivity index (χ1v) is 5.97. The fraction of sp³-hybridized carbons (Fsp3) is 0.125. The molecule has 0 spiro atoms. The molecule has 2 rings (SSSR count). The molecule has 0 saturated heterocycles. The summed E-state index contributed by atoms with van der Waals surface area (Å²) in [6.07, 6.45) is 0.681. The number of nitriles is 2. The van der Waals surface area contributed by atoms with Gasteiger partial charge in [0.05, 0.1) is 23.3 Å². The van der Waals surface area contributed by atoms with Gasteiger partial charge in [0, 0.05) is 6.04 Å². The monoisotopic (exact) mass is 247 g/mol. The highest BCUT2D eigenvalue weighted by molar-refractivity contribution is 5.36. The first kappa shape index (κ1) is 12.8. The molecule has 0 amide bonds. The summed E-state index contributed by atoms with van der Waals surface area (Å²) in [5.41, 5.74) is 9.43. The predicted molar refractivity (Wildman–Crippen MR) is 72.9 cm³/mol. The van der Waals surface area contributed by atoms with Crippen LogP contribution in [-0.4, -0.2) is 0 Å². The normalized spacial score (nSPS) is 11.3. The van der Waals surface area contributed by atoms with Crippen LogP contribution in [0.5, 0.6) is 0 Å². The average molecular weight is 247 g/mol. The van der Waals surface area contributed by atoms with E-state index in [2.05, 4.69) is 12.1 Å². The van der Waals surface area contributed by atoms with Crippen LogP contribution in [-0.2, 0) is 6.42 Å². The van der Waals surface area contributed by atoms with Crippen molar-refractivity contribution < 1.29 is 0 Å². The molecule has 92 valence electrons. The second-order valence-corrected chi connectivity index (χ2v) is 4.36. The summed E-state index contributed by atoms with van der Waals surface area (Å²) < 4.78 is 0. The highest BCUT2D eigenvalue weighted by Crippen LogP contribution is 2.17. The lowest BCUT2D eigenvalue weighted by molar-refractivity contribution is 0.721. The van der Waals surface area contributed by atoms with E-state index in [0.717, 1.165) is 11.1 Å². The first-order valence-electron chi connectivity index (χ1n) is 5.97. The van der Waals surface area contributed by atoms with Crippen LogP contribution in [0.25, 0.3) is 0 Å². The van der Waals surface area contributed by atoms with Gasteiger partial charge in [-0.2, -0.15) is 10.5 Å². The molecule has 2 aromatic carbocycles. The lowest BCUT2D eigenvalue weighted by Gasteiger charge is -2.12. The van der Waals surface area contributed by atoms with E-state index in [4.69, 9.17) is 16.3 Å². The minimum Gasteiger partial charge on any atom is -0.324 e. The third-order valence-electron chi connectivity index (χ3n) is 2.98. The Morgan fingerprint density at radius 3 is 2.26 bits per heavy atom. The van der Waals surface area contributed by atoms with E-state index >= 15 is 0 Å². The number of benzene rings is 2. The van der Waals surface area contributed by atoms with Crippen LogP contribution in [0, 0.1) is 22.7 Å². The number of rotatable bonds is 3. The van der Waals surface area contributed by atoms with Gasteiger partial charge in [0.2, 0.25) is 0 Å². The van der Waals surface area contributed by atoms with Crippen LogP contribution < -0.4 is 5.73 Å². The fourth-order valence-electron chi connectivity index (χ4n) is 1.93. The summed E-state index contributed by atoms with van der Waals surface area (Å²) in [5, 5.41) is 17.6. The Labute approximate surface area is 112 Å². The summed E-state index contributed by atoms with van der Waals surface area (Å²) in [6, 6.07) is 18.8. The van der Waals surface area contributed by atoms with Crippen LogP contribution in [0.2, 0.25) is 0 Å². The Bertz CT molecular complexity index is 645. The Hall–Kier alpha value is -2.62. The van der Waals surface area contributed by atoms with Gasteiger partial charge in [0.1, 0.15) is 0 Å². The van der Waals surface area contributed by atoms with Crippen LogP contribution in [0.15, 0.2) is 48.5 Å². The Balaban J connectivity index is 2.14. The molecule has 1 unspecified atom stereocenters. The molecule has 3 nitrogen and oxygen atoms in total. The third-order valence-corrected chi connectivity index (χ3v) is 2.98. The van der Waals surface area contributed by atoms with Gasteiger partial charge in [-0.1, -0.05) is 24.3 Å². The molecule has 0 aliphatic heterocycles. The van der Waals surface area contributed by atoms with Crippen LogP contribution in [0.3, 0.4) is 0 Å². The predicted octanol–water partition coefficient (Wildman–Crippen LogP) is 2.67. The second kappa shape index (κ2) is 5.82. The van der Waals surface area contributed by atoms with Crippen molar-refractivity contribution in [1.82, 2.24) is 0 Å². The third kappa shape index (κ3) is 3.19. The zero-order chi connectivity index (χ0) is 13.7. The van der Waals surface area contributed by atoms with Gasteiger partial charge < -0.3 is 5.73 Å². The van der Waals surface area contributed by atoms with E-state index in [-0.39, 0.29) is 6.04 Å². The molecule has 0 aliphatic carbocycles. The van der Waals surface area contributed by atoms with E-state index in [1.165, 1.54) is 0 Å². The molecular formula is C16H13N3. The Morgan fingerprint density at radius 1 is 0.947 bits per heavy atom. The molecule has 0 fully saturated rings. The fourth-order valence-corrected chi connectivity index (χ4v) is 1.93. The van der Waals surface area contributed by atoms with Crippen molar-refractivity contribution in [3.63, 3.8) is 0 Å². The van der Waals surface area contributed by atoms with Crippen molar-refractivity contribution in [3.8, 4) is 12.1 Å². The molecule has 0 heterocycles. The lowest BCUT2D eigenvalue weighted by atomic mass is 9.98. The van der Waals surface area contributed by atoms with Gasteiger partial charge in [0.15, 0.2) is 0 Å². The maximum Gasteiger partial charge on any atom is 0.0991 e. The minimum atomic E-state index is -0.152. The number of nitrogens with zero attached hydrogens (tertiary/aromatic N) is 2. The smallest absolute Gasteiger partial charge is 0.0991 e. The topological polar surface area (TPSA) is 73.6 Å². The van der Waals surface area contributed by atoms with E-state index < -0.39 is 0 Å². The van der Waals surface area contributed by atoms with Gasteiger partial charge in [-0.15, -0.1) is 0 Å². The minimum absolute atomic E-state index is 0.152. The van der Waals surface area contributed by atoms with Crippen molar-refractivity contribution >= 4 is 0 Å². The molecule has 3 heteroatoms. The first-order chi connectivity index (χ1) is 9.22. The van der Waals surface area contributed by atoms with Gasteiger partial charge in [-0.3, -0.25) is 0 Å². The van der Waals surface area contributed by atoms with Gasteiger partial charge in [0.25, 0.3) is 0 Å². The molecule has 1 atom stereocenters. The molecule has 0 saturated carbocycles. The van der Waals surface area contributed by atoms with Crippen molar-refractivity contribution in [2.75, 3.05) is 0 Å². The van der Waals surface area contributed by atoms with E-state index in [0.29, 0.717) is 17.5 Å². The average Bonchev–Trinajstić information content (AvgIpc) is 2.48. The highest BCUT2D eigenvalue weighted by Gasteiger charge is 2.07. The van der Waals surface area contributed by atoms with E-state index in [9.17, 15) is 0 Å². The summed E-state index contributed by atoms with van der Waals surface area (Å²) in [4.78, 5) is 0. The Kier molecular flexibility index (Phi) is 3.93. The molecule has 0 bridgehead atoms. The number of hydrogen-bond donors (Lipinski definition) is 1. The van der Waals surface area contributed by atoms with Crippen molar-refractivity contribution in [2.24, 2.45) is 5.73 Å². The Morgan fingerprint density at radius 2 is 1.63 bits per heavy atom. The molecule has 19 heavy (non-hydrogen) atoms. The molecule has 0 aliphatic rings. The van der Waals surface area contributed by atoms with Crippen molar-refractivity contribution in [1.29, 1.82) is 10.5 Å². The van der Waals surface area contributed by atoms with Gasteiger partial charge >= 0.3 is 0 Å². The largest absolute Gasteiger partial charge is 0.324 e. The molecule has 0 radical (unpaired) electrons. The maximum atomic E-state index is 8.87. The SMILES string of the molecule is N#Cc1ccc(CC(N)c2cccc(C#N)c2)cc1. The quantitative estimate of drug-likeness (QED) is 0.906. The molecule has 0 aromatic heterocycles. The summed E-state index contributed by atoms with van der Waals surface area (Å²) >= 11 is 0. The number of hydrogen-bond acceptors (Lipinski definition) is 3. The molecule has 2 aromatic rings. The molecule has 2 N–H and O–H groups in total. The second-order valence-electron chi connectivity index (χ2n) is 4.36. The lowest BCUT2D eigenvalue weighted by Crippen LogP contribution is -2.13.